The predicted molar refractivity (Wildman–Crippen MR) is 65.5 cm³/mol. The summed E-state index contributed by atoms with van der Waals surface area (Å²) in [6, 6.07) is 7.75. The van der Waals surface area contributed by atoms with Crippen LogP contribution in [0.2, 0.25) is 0 Å². The molecule has 4 heteroatoms. The summed E-state index contributed by atoms with van der Waals surface area (Å²) in [5.74, 6) is -0.0407. The first kappa shape index (κ1) is 12.1. The van der Waals surface area contributed by atoms with Gasteiger partial charge in [-0.3, -0.25) is 4.79 Å². The van der Waals surface area contributed by atoms with Crippen LogP contribution in [0.4, 0.5) is 0 Å². The van der Waals surface area contributed by atoms with E-state index in [1.54, 1.807) is 6.92 Å². The molecule has 1 aliphatic heterocycles. The number of hydrogen-bond donors (Lipinski definition) is 3. The largest absolute Gasteiger partial charge is 0.394 e. The Bertz CT molecular complexity index is 406. The van der Waals surface area contributed by atoms with Gasteiger partial charge in [0.15, 0.2) is 0 Å². The molecule has 3 N–H and O–H groups in total. The van der Waals surface area contributed by atoms with Crippen molar-refractivity contribution in [1.82, 2.24) is 10.6 Å². The third-order valence-corrected chi connectivity index (χ3v) is 3.06. The van der Waals surface area contributed by atoms with E-state index in [1.165, 1.54) is 11.1 Å². The van der Waals surface area contributed by atoms with Crippen LogP contribution >= 0.6 is 0 Å². The first-order valence-corrected chi connectivity index (χ1v) is 5.92. The monoisotopic (exact) mass is 234 g/mol. The van der Waals surface area contributed by atoms with Gasteiger partial charge in [0, 0.05) is 12.6 Å². The number of carbonyl (C=O) groups is 1. The molecule has 1 heterocycles. The van der Waals surface area contributed by atoms with E-state index < -0.39 is 0 Å². The molecule has 17 heavy (non-hydrogen) atoms. The maximum atomic E-state index is 11.9. The van der Waals surface area contributed by atoms with E-state index >= 15 is 0 Å². The van der Waals surface area contributed by atoms with Gasteiger partial charge in [-0.25, -0.2) is 0 Å². The van der Waals surface area contributed by atoms with Gasteiger partial charge in [-0.15, -0.1) is 0 Å². The van der Waals surface area contributed by atoms with Gasteiger partial charge >= 0.3 is 0 Å². The Kier molecular flexibility index (Phi) is 3.76. The van der Waals surface area contributed by atoms with E-state index in [0.717, 1.165) is 6.54 Å². The summed E-state index contributed by atoms with van der Waals surface area (Å²) in [5.41, 5.74) is 2.48. The van der Waals surface area contributed by atoms with Gasteiger partial charge in [0.25, 0.3) is 0 Å². The Morgan fingerprint density at radius 3 is 2.94 bits per heavy atom. The second-order valence-corrected chi connectivity index (χ2v) is 4.50. The normalized spacial score (nSPS) is 20.5. The average molecular weight is 234 g/mol. The van der Waals surface area contributed by atoms with Crippen LogP contribution < -0.4 is 10.6 Å². The number of benzene rings is 1. The number of amides is 1. The van der Waals surface area contributed by atoms with Crippen LogP contribution in [-0.2, 0) is 17.8 Å². The Hall–Kier alpha value is -1.39. The number of carbonyl (C=O) groups excluding carboxylic acids is 1. The third kappa shape index (κ3) is 2.84. The molecule has 0 radical (unpaired) electrons. The molecule has 1 aliphatic rings. The van der Waals surface area contributed by atoms with Gasteiger partial charge in [-0.2, -0.15) is 0 Å². The van der Waals surface area contributed by atoms with Crippen molar-refractivity contribution in [2.45, 2.75) is 32.0 Å². The summed E-state index contributed by atoms with van der Waals surface area (Å²) in [6.45, 7) is 2.48. The average Bonchev–Trinajstić information content (AvgIpc) is 2.38. The molecule has 0 saturated heterocycles. The second kappa shape index (κ2) is 5.29. The minimum absolute atomic E-state index is 0.0327. The highest BCUT2D eigenvalue weighted by atomic mass is 16.3. The quantitative estimate of drug-likeness (QED) is 0.700. The first-order chi connectivity index (χ1) is 8.20. The van der Waals surface area contributed by atoms with Gasteiger partial charge in [-0.1, -0.05) is 24.3 Å². The Morgan fingerprint density at radius 2 is 2.24 bits per heavy atom. The summed E-state index contributed by atoms with van der Waals surface area (Å²) < 4.78 is 0. The van der Waals surface area contributed by atoms with Crippen LogP contribution in [0, 0.1) is 0 Å². The fraction of sp³-hybridized carbons (Fsp3) is 0.462. The molecular formula is C13H18N2O2. The zero-order valence-electron chi connectivity index (χ0n) is 9.94. The Labute approximate surface area is 101 Å². The van der Waals surface area contributed by atoms with Gasteiger partial charge in [-0.05, 0) is 24.5 Å². The summed E-state index contributed by atoms with van der Waals surface area (Å²) >= 11 is 0. The number of nitrogens with one attached hydrogen (secondary N) is 2. The summed E-state index contributed by atoms with van der Waals surface area (Å²) in [7, 11) is 0. The third-order valence-electron chi connectivity index (χ3n) is 3.06. The van der Waals surface area contributed by atoms with Gasteiger partial charge in [0.2, 0.25) is 5.91 Å². The van der Waals surface area contributed by atoms with Gasteiger partial charge < -0.3 is 15.7 Å². The standard InChI is InChI=1S/C13H18N2O2/c1-9(8-16)15-13(17)12-6-10-4-2-3-5-11(10)7-14-12/h2-5,9,12,14,16H,6-8H2,1H3,(H,15,17)/t9?,12-/m1/s1. The van der Waals surface area contributed by atoms with Crippen molar-refractivity contribution >= 4 is 5.91 Å². The molecule has 0 aliphatic carbocycles. The van der Waals surface area contributed by atoms with Crippen LogP contribution in [0.15, 0.2) is 24.3 Å². The lowest BCUT2D eigenvalue weighted by atomic mass is 9.95. The molecule has 1 unspecified atom stereocenters. The molecule has 1 aromatic carbocycles. The van der Waals surface area contributed by atoms with Crippen molar-refractivity contribution in [3.05, 3.63) is 35.4 Å². The molecule has 0 aromatic heterocycles. The summed E-state index contributed by atoms with van der Waals surface area (Å²) in [5, 5.41) is 14.9. The fourth-order valence-corrected chi connectivity index (χ4v) is 2.03. The first-order valence-electron chi connectivity index (χ1n) is 5.92. The molecule has 0 bridgehead atoms. The van der Waals surface area contributed by atoms with Crippen LogP contribution in [0.3, 0.4) is 0 Å². The van der Waals surface area contributed by atoms with E-state index in [1.807, 2.05) is 12.1 Å². The van der Waals surface area contributed by atoms with Crippen LogP contribution in [-0.4, -0.2) is 29.7 Å². The summed E-state index contributed by atoms with van der Waals surface area (Å²) in [4.78, 5) is 11.9. The lowest BCUT2D eigenvalue weighted by molar-refractivity contribution is -0.124. The zero-order chi connectivity index (χ0) is 12.3. The number of aliphatic hydroxyl groups is 1. The Morgan fingerprint density at radius 1 is 1.53 bits per heavy atom. The molecule has 92 valence electrons. The topological polar surface area (TPSA) is 61.4 Å². The molecule has 2 atom stereocenters. The van der Waals surface area contributed by atoms with E-state index in [-0.39, 0.29) is 24.6 Å². The molecule has 1 amide bonds. The molecule has 2 rings (SSSR count). The van der Waals surface area contributed by atoms with E-state index in [4.69, 9.17) is 5.11 Å². The second-order valence-electron chi connectivity index (χ2n) is 4.50. The minimum Gasteiger partial charge on any atom is -0.394 e. The highest BCUT2D eigenvalue weighted by molar-refractivity contribution is 5.82. The van der Waals surface area contributed by atoms with Crippen molar-refractivity contribution in [3.8, 4) is 0 Å². The van der Waals surface area contributed by atoms with E-state index in [9.17, 15) is 4.79 Å². The predicted octanol–water partition coefficient (Wildman–Crippen LogP) is 0.198. The number of fused-ring (bicyclic) bond motifs is 1. The van der Waals surface area contributed by atoms with Crippen molar-refractivity contribution in [3.63, 3.8) is 0 Å². The number of rotatable bonds is 3. The van der Waals surface area contributed by atoms with Crippen LogP contribution in [0.5, 0.6) is 0 Å². The highest BCUT2D eigenvalue weighted by Gasteiger charge is 2.24. The number of aliphatic hydroxyl groups excluding tert-OH is 1. The maximum absolute atomic E-state index is 11.9. The highest BCUT2D eigenvalue weighted by Crippen LogP contribution is 2.16. The smallest absolute Gasteiger partial charge is 0.237 e. The van der Waals surface area contributed by atoms with Crippen LogP contribution in [0.1, 0.15) is 18.1 Å². The minimum atomic E-state index is -0.195. The SMILES string of the molecule is CC(CO)NC(=O)[C@H]1Cc2ccccc2CN1. The fourth-order valence-electron chi connectivity index (χ4n) is 2.03. The Balaban J connectivity index is 2.00. The zero-order valence-corrected chi connectivity index (χ0v) is 9.94. The van der Waals surface area contributed by atoms with Crippen molar-refractivity contribution in [2.75, 3.05) is 6.61 Å². The maximum Gasteiger partial charge on any atom is 0.237 e. The lowest BCUT2D eigenvalue weighted by Crippen LogP contribution is -2.50. The van der Waals surface area contributed by atoms with E-state index in [0.29, 0.717) is 6.42 Å². The van der Waals surface area contributed by atoms with Crippen molar-refractivity contribution in [2.24, 2.45) is 0 Å². The lowest BCUT2D eigenvalue weighted by Gasteiger charge is -2.26. The van der Waals surface area contributed by atoms with Crippen LogP contribution in [0.25, 0.3) is 0 Å². The summed E-state index contributed by atoms with van der Waals surface area (Å²) in [6.07, 6.45) is 0.708. The molecule has 1 aromatic rings. The number of hydrogen-bond acceptors (Lipinski definition) is 3. The molecule has 0 spiro atoms. The molecule has 0 fully saturated rings. The van der Waals surface area contributed by atoms with Gasteiger partial charge in [0.1, 0.15) is 0 Å². The van der Waals surface area contributed by atoms with Gasteiger partial charge in [0.05, 0.1) is 12.6 Å². The van der Waals surface area contributed by atoms with Crippen molar-refractivity contribution < 1.29 is 9.90 Å². The van der Waals surface area contributed by atoms with Crippen molar-refractivity contribution in [1.29, 1.82) is 0 Å². The molecule has 0 saturated carbocycles. The molecular weight excluding hydrogens is 216 g/mol. The van der Waals surface area contributed by atoms with E-state index in [2.05, 4.69) is 22.8 Å². The molecule has 4 nitrogen and oxygen atoms in total.